The van der Waals surface area contributed by atoms with Gasteiger partial charge in [-0.3, -0.25) is 0 Å². The quantitative estimate of drug-likeness (QED) is 0.227. The lowest BCUT2D eigenvalue weighted by Gasteiger charge is -2.11. The summed E-state index contributed by atoms with van der Waals surface area (Å²) in [6.07, 6.45) is 0. The zero-order chi connectivity index (χ0) is 26.5. The maximum atomic E-state index is 5.14. The third-order valence-corrected chi connectivity index (χ3v) is 8.68. The Bertz CT molecular complexity index is 2090. The Morgan fingerprint density at radius 3 is 1.75 bits per heavy atom. The molecule has 3 aromatic heterocycles. The van der Waals surface area contributed by atoms with E-state index in [0.717, 1.165) is 39.6 Å². The van der Waals surface area contributed by atoms with Crippen molar-refractivity contribution in [2.45, 2.75) is 0 Å². The second-order valence-corrected chi connectivity index (χ2v) is 10.9. The maximum Gasteiger partial charge on any atom is 0.161 e. The van der Waals surface area contributed by atoms with Crippen LogP contribution < -0.4 is 0 Å². The Kier molecular flexibility index (Phi) is 5.32. The molecular weight excluding hydrogens is 506 g/mol. The lowest BCUT2D eigenvalue weighted by molar-refractivity contribution is 1.18. The molecule has 0 fully saturated rings. The molecule has 8 rings (SSSR count). The molecule has 0 saturated carbocycles. The van der Waals surface area contributed by atoms with Crippen LogP contribution in [-0.2, 0) is 0 Å². The third-order valence-electron chi connectivity index (χ3n) is 7.42. The first-order valence-corrected chi connectivity index (χ1v) is 14.2. The highest BCUT2D eigenvalue weighted by atomic mass is 32.1. The van der Waals surface area contributed by atoms with E-state index in [1.54, 1.807) is 0 Å². The van der Waals surface area contributed by atoms with Gasteiger partial charge in [0.1, 0.15) is 0 Å². The molecule has 0 radical (unpaired) electrons. The van der Waals surface area contributed by atoms with E-state index in [1.165, 1.54) is 31.2 Å². The van der Waals surface area contributed by atoms with E-state index < -0.39 is 0 Å². The molecule has 188 valence electrons. The predicted molar refractivity (Wildman–Crippen MR) is 168 cm³/mol. The van der Waals surface area contributed by atoms with Gasteiger partial charge in [0.05, 0.1) is 27.1 Å². The van der Waals surface area contributed by atoms with Gasteiger partial charge >= 0.3 is 0 Å². The molecule has 0 bridgehead atoms. The van der Waals surface area contributed by atoms with Crippen molar-refractivity contribution in [2.75, 3.05) is 0 Å². The molecule has 0 unspecified atom stereocenters. The average molecular weight is 530 g/mol. The van der Waals surface area contributed by atoms with Gasteiger partial charge in [0.15, 0.2) is 5.82 Å². The smallest absolute Gasteiger partial charge is 0.161 e. The van der Waals surface area contributed by atoms with Crippen LogP contribution in [0.5, 0.6) is 0 Å². The number of rotatable bonds is 4. The Labute approximate surface area is 235 Å². The summed E-state index contributed by atoms with van der Waals surface area (Å²) in [6.45, 7) is 0. The number of hydrogen-bond donors (Lipinski definition) is 0. The summed E-state index contributed by atoms with van der Waals surface area (Å²) >= 11 is 1.83. The van der Waals surface area contributed by atoms with Crippen LogP contribution in [0.1, 0.15) is 0 Å². The van der Waals surface area contributed by atoms with Gasteiger partial charge in [-0.15, -0.1) is 11.3 Å². The van der Waals surface area contributed by atoms with Gasteiger partial charge < -0.3 is 4.57 Å². The molecular formula is C36H23N3S. The minimum absolute atomic E-state index is 0.741. The largest absolute Gasteiger partial charge is 0.308 e. The second kappa shape index (κ2) is 9.30. The van der Waals surface area contributed by atoms with Gasteiger partial charge in [0.25, 0.3) is 0 Å². The summed E-state index contributed by atoms with van der Waals surface area (Å²) in [5, 5.41) is 2.48. The van der Waals surface area contributed by atoms with Crippen LogP contribution in [0.25, 0.3) is 70.8 Å². The first kappa shape index (κ1) is 22.9. The van der Waals surface area contributed by atoms with Crippen molar-refractivity contribution in [1.29, 1.82) is 0 Å². The van der Waals surface area contributed by atoms with Gasteiger partial charge in [-0.2, -0.15) is 0 Å². The average Bonchev–Trinajstić information content (AvgIpc) is 3.57. The van der Waals surface area contributed by atoms with Crippen LogP contribution in [0.4, 0.5) is 0 Å². The Balaban J connectivity index is 1.43. The minimum atomic E-state index is 0.741. The van der Waals surface area contributed by atoms with Gasteiger partial charge in [-0.1, -0.05) is 109 Å². The second-order valence-electron chi connectivity index (χ2n) is 9.84. The van der Waals surface area contributed by atoms with Gasteiger partial charge in [-0.25, -0.2) is 9.97 Å². The summed E-state index contributed by atoms with van der Waals surface area (Å²) in [7, 11) is 0. The van der Waals surface area contributed by atoms with Crippen LogP contribution in [0.15, 0.2) is 140 Å². The van der Waals surface area contributed by atoms with Crippen molar-refractivity contribution >= 4 is 42.5 Å². The monoisotopic (exact) mass is 529 g/mol. The fourth-order valence-electron chi connectivity index (χ4n) is 5.59. The van der Waals surface area contributed by atoms with E-state index in [9.17, 15) is 0 Å². The fraction of sp³-hybridized carbons (Fsp3) is 0. The van der Waals surface area contributed by atoms with Crippen LogP contribution in [-0.4, -0.2) is 14.5 Å². The number of hydrogen-bond acceptors (Lipinski definition) is 3. The van der Waals surface area contributed by atoms with Crippen molar-refractivity contribution in [3.63, 3.8) is 0 Å². The number of thiophene rings is 1. The van der Waals surface area contributed by atoms with Crippen molar-refractivity contribution in [3.8, 4) is 39.6 Å². The third kappa shape index (κ3) is 3.65. The fourth-order valence-corrected chi connectivity index (χ4v) is 6.92. The summed E-state index contributed by atoms with van der Waals surface area (Å²) in [5.41, 5.74) is 8.66. The molecule has 0 spiro atoms. The van der Waals surface area contributed by atoms with Crippen molar-refractivity contribution < 1.29 is 0 Å². The summed E-state index contributed by atoms with van der Waals surface area (Å²) in [5.74, 6) is 0.741. The molecule has 3 nitrogen and oxygen atoms in total. The van der Waals surface area contributed by atoms with Gasteiger partial charge in [0.2, 0.25) is 0 Å². The molecule has 4 heteroatoms. The number of fused-ring (bicyclic) bond motifs is 5. The van der Waals surface area contributed by atoms with Crippen LogP contribution in [0, 0.1) is 0 Å². The molecule has 3 heterocycles. The first-order valence-electron chi connectivity index (χ1n) is 13.4. The maximum absolute atomic E-state index is 5.14. The molecule has 0 aliphatic carbocycles. The molecule has 0 N–H and O–H groups in total. The van der Waals surface area contributed by atoms with E-state index in [-0.39, 0.29) is 0 Å². The lowest BCUT2D eigenvalue weighted by atomic mass is 10.1. The summed E-state index contributed by atoms with van der Waals surface area (Å²) in [6, 6.07) is 48.6. The zero-order valence-electron chi connectivity index (χ0n) is 21.5. The van der Waals surface area contributed by atoms with E-state index in [4.69, 9.17) is 9.97 Å². The Hall–Kier alpha value is -5.06. The first-order chi connectivity index (χ1) is 19.8. The molecule has 0 atom stereocenters. The van der Waals surface area contributed by atoms with Gasteiger partial charge in [-0.05, 0) is 30.3 Å². The Morgan fingerprint density at radius 2 is 1.07 bits per heavy atom. The molecule has 5 aromatic carbocycles. The number of nitrogens with zero attached hydrogens (tertiary/aromatic N) is 3. The zero-order valence-corrected chi connectivity index (χ0v) is 22.3. The predicted octanol–water partition coefficient (Wildman–Crippen LogP) is 9.79. The Morgan fingerprint density at radius 1 is 0.500 bits per heavy atom. The van der Waals surface area contributed by atoms with Gasteiger partial charge in [0, 0.05) is 37.9 Å². The molecule has 0 amide bonds. The lowest BCUT2D eigenvalue weighted by Crippen LogP contribution is -1.96. The van der Waals surface area contributed by atoms with Crippen LogP contribution in [0.3, 0.4) is 0 Å². The van der Waals surface area contributed by atoms with Crippen molar-refractivity contribution in [2.24, 2.45) is 0 Å². The standard InChI is InChI=1S/C36H23N3S/c1-4-13-24(14-5-1)30-23-31(25-15-6-2-7-16-25)38-36(37-30)29-21-12-20-28-33-35(40-34(28)29)27-19-10-11-22-32(27)39(33)26-17-8-3-9-18-26/h1-23H. The van der Waals surface area contributed by atoms with Crippen LogP contribution >= 0.6 is 11.3 Å². The molecule has 8 aromatic rings. The summed E-state index contributed by atoms with van der Waals surface area (Å²) < 4.78 is 4.88. The highest BCUT2D eigenvalue weighted by Gasteiger charge is 2.21. The van der Waals surface area contributed by atoms with E-state index >= 15 is 0 Å². The molecule has 40 heavy (non-hydrogen) atoms. The molecule has 0 aliphatic heterocycles. The van der Waals surface area contributed by atoms with E-state index in [2.05, 4.69) is 132 Å². The highest BCUT2D eigenvalue weighted by molar-refractivity contribution is 7.27. The van der Waals surface area contributed by atoms with E-state index in [1.807, 2.05) is 23.5 Å². The molecule has 0 aliphatic rings. The van der Waals surface area contributed by atoms with Crippen molar-refractivity contribution in [3.05, 3.63) is 140 Å². The summed E-state index contributed by atoms with van der Waals surface area (Å²) in [4.78, 5) is 10.3. The van der Waals surface area contributed by atoms with E-state index in [0.29, 0.717) is 0 Å². The SMILES string of the molecule is c1ccc(-c2cc(-c3ccccc3)nc(-c3cccc4c3sc3c5ccccc5n(-c5ccccc5)c43)n2)cc1. The molecule has 0 saturated heterocycles. The number of para-hydroxylation sites is 2. The van der Waals surface area contributed by atoms with Crippen LogP contribution in [0.2, 0.25) is 0 Å². The number of aromatic nitrogens is 3. The normalized spacial score (nSPS) is 11.5. The highest BCUT2D eigenvalue weighted by Crippen LogP contribution is 2.45. The topological polar surface area (TPSA) is 30.7 Å². The minimum Gasteiger partial charge on any atom is -0.308 e. The number of benzene rings is 5. The van der Waals surface area contributed by atoms with Crippen molar-refractivity contribution in [1.82, 2.24) is 14.5 Å².